The number of rotatable bonds is 6. The molecular weight excluding hydrogens is 358 g/mol. The van der Waals surface area contributed by atoms with Gasteiger partial charge in [0.25, 0.3) is 0 Å². The average Bonchev–Trinajstić information content (AvgIpc) is 2.54. The molecule has 132 valence electrons. The maximum Gasteiger partial charge on any atom is 0.339 e. The molecular formula is C15H18ClNO6S. The molecule has 2 atom stereocenters. The lowest BCUT2D eigenvalue weighted by Crippen LogP contribution is -2.46. The summed E-state index contributed by atoms with van der Waals surface area (Å²) < 4.78 is 38.3. The number of halogens is 1. The van der Waals surface area contributed by atoms with Crippen LogP contribution in [0.2, 0.25) is 5.02 Å². The summed E-state index contributed by atoms with van der Waals surface area (Å²) in [4.78, 5) is 10.9. The smallest absolute Gasteiger partial charge is 0.339 e. The van der Waals surface area contributed by atoms with Crippen molar-refractivity contribution in [1.82, 2.24) is 4.72 Å². The molecule has 0 saturated carbocycles. The molecule has 0 aromatic heterocycles. The lowest BCUT2D eigenvalue weighted by atomic mass is 10.0. The zero-order valence-corrected chi connectivity index (χ0v) is 14.6. The minimum absolute atomic E-state index is 0.0903. The minimum atomic E-state index is -3.99. The second-order valence-corrected chi connectivity index (χ2v) is 7.32. The molecule has 1 fully saturated rings. The lowest BCUT2D eigenvalue weighted by molar-refractivity contribution is 0.0274. The normalized spacial score (nSPS) is 21.2. The molecule has 1 saturated heterocycles. The standard InChI is InChI=1S/C15H18ClNO6S/c1-3-12-11(5-4-6-23-12)17-24(20,21)14-8-13(22-2)9(15(18)19)7-10(14)16/h3,7-8,11-12,17H,1,4-6H2,2H3,(H,18,19)/t11-,12+/m1/s1. The molecule has 0 aliphatic carbocycles. The maximum atomic E-state index is 12.6. The van der Waals surface area contributed by atoms with Gasteiger partial charge in [0, 0.05) is 12.7 Å². The third kappa shape index (κ3) is 3.89. The number of nitrogens with one attached hydrogen (secondary N) is 1. The highest BCUT2D eigenvalue weighted by molar-refractivity contribution is 7.89. The number of hydrogen-bond donors (Lipinski definition) is 2. The van der Waals surface area contributed by atoms with Crippen molar-refractivity contribution < 1.29 is 27.8 Å². The largest absolute Gasteiger partial charge is 0.496 e. The van der Waals surface area contributed by atoms with Gasteiger partial charge in [-0.3, -0.25) is 0 Å². The molecule has 2 rings (SSSR count). The van der Waals surface area contributed by atoms with Crippen LogP contribution in [0.4, 0.5) is 0 Å². The van der Waals surface area contributed by atoms with Gasteiger partial charge in [0.1, 0.15) is 16.2 Å². The first-order valence-electron chi connectivity index (χ1n) is 7.17. The van der Waals surface area contributed by atoms with Crippen LogP contribution in [-0.2, 0) is 14.8 Å². The van der Waals surface area contributed by atoms with Crippen LogP contribution in [0.25, 0.3) is 0 Å². The first kappa shape index (κ1) is 18.7. The zero-order chi connectivity index (χ0) is 17.9. The van der Waals surface area contributed by atoms with Gasteiger partial charge in [0.15, 0.2) is 0 Å². The van der Waals surface area contributed by atoms with Gasteiger partial charge in [-0.1, -0.05) is 17.7 Å². The van der Waals surface area contributed by atoms with E-state index >= 15 is 0 Å². The Morgan fingerprint density at radius 3 is 2.83 bits per heavy atom. The quantitative estimate of drug-likeness (QED) is 0.738. The van der Waals surface area contributed by atoms with E-state index in [1.54, 1.807) is 6.08 Å². The molecule has 1 aliphatic rings. The first-order chi connectivity index (χ1) is 11.3. The fraction of sp³-hybridized carbons (Fsp3) is 0.400. The Balaban J connectivity index is 2.38. The van der Waals surface area contributed by atoms with E-state index in [0.717, 1.165) is 12.1 Å². The summed E-state index contributed by atoms with van der Waals surface area (Å²) in [6.07, 6.45) is 2.42. The van der Waals surface area contributed by atoms with E-state index in [0.29, 0.717) is 19.4 Å². The first-order valence-corrected chi connectivity index (χ1v) is 9.03. The molecule has 0 spiro atoms. The van der Waals surface area contributed by atoms with Crippen LogP contribution in [0.1, 0.15) is 23.2 Å². The van der Waals surface area contributed by atoms with Crippen molar-refractivity contribution in [1.29, 1.82) is 0 Å². The summed E-state index contributed by atoms with van der Waals surface area (Å²) in [5, 5.41) is 8.91. The number of carbonyl (C=O) groups is 1. The molecule has 7 nitrogen and oxygen atoms in total. The van der Waals surface area contributed by atoms with E-state index in [1.165, 1.54) is 7.11 Å². The van der Waals surface area contributed by atoms with Gasteiger partial charge in [0.05, 0.1) is 24.3 Å². The Morgan fingerprint density at radius 1 is 1.54 bits per heavy atom. The van der Waals surface area contributed by atoms with Crippen LogP contribution in [0, 0.1) is 0 Å². The van der Waals surface area contributed by atoms with Crippen molar-refractivity contribution in [2.45, 2.75) is 29.9 Å². The summed E-state index contributed by atoms with van der Waals surface area (Å²) in [5.41, 5.74) is -0.216. The molecule has 0 bridgehead atoms. The Bertz CT molecular complexity index is 749. The van der Waals surface area contributed by atoms with Crippen molar-refractivity contribution in [3.05, 3.63) is 35.4 Å². The van der Waals surface area contributed by atoms with E-state index < -0.39 is 28.1 Å². The zero-order valence-electron chi connectivity index (χ0n) is 13.0. The molecule has 1 aromatic rings. The highest BCUT2D eigenvalue weighted by Crippen LogP contribution is 2.31. The Labute approximate surface area is 145 Å². The van der Waals surface area contributed by atoms with Gasteiger partial charge in [0.2, 0.25) is 10.0 Å². The van der Waals surface area contributed by atoms with E-state index in [9.17, 15) is 13.2 Å². The summed E-state index contributed by atoms with van der Waals surface area (Å²) in [6.45, 7) is 4.18. The van der Waals surface area contributed by atoms with Crippen molar-refractivity contribution in [2.24, 2.45) is 0 Å². The van der Waals surface area contributed by atoms with Crippen molar-refractivity contribution in [2.75, 3.05) is 13.7 Å². The SMILES string of the molecule is C=C[C@@H]1OCCC[C@H]1NS(=O)(=O)c1cc(OC)c(C(=O)O)cc1Cl. The number of sulfonamides is 1. The van der Waals surface area contributed by atoms with E-state index in [1.807, 2.05) is 0 Å². The average molecular weight is 376 g/mol. The van der Waals surface area contributed by atoms with Gasteiger partial charge in [-0.25, -0.2) is 17.9 Å². The molecule has 0 radical (unpaired) electrons. The van der Waals surface area contributed by atoms with Gasteiger partial charge >= 0.3 is 5.97 Å². The third-order valence-corrected chi connectivity index (χ3v) is 5.63. The number of aromatic carboxylic acids is 1. The van der Waals surface area contributed by atoms with Crippen molar-refractivity contribution in [3.8, 4) is 5.75 Å². The van der Waals surface area contributed by atoms with Crippen molar-refractivity contribution in [3.63, 3.8) is 0 Å². The fourth-order valence-corrected chi connectivity index (χ4v) is 4.32. The Morgan fingerprint density at radius 2 is 2.25 bits per heavy atom. The van der Waals surface area contributed by atoms with Crippen LogP contribution in [0.15, 0.2) is 29.7 Å². The molecule has 9 heteroatoms. The highest BCUT2D eigenvalue weighted by Gasteiger charge is 2.30. The monoisotopic (exact) mass is 375 g/mol. The second kappa shape index (κ2) is 7.52. The second-order valence-electron chi connectivity index (χ2n) is 5.23. The van der Waals surface area contributed by atoms with Crippen LogP contribution >= 0.6 is 11.6 Å². The number of methoxy groups -OCH3 is 1. The van der Waals surface area contributed by atoms with Crippen LogP contribution in [0.5, 0.6) is 5.75 Å². The van der Waals surface area contributed by atoms with Gasteiger partial charge in [-0.2, -0.15) is 0 Å². The Hall–Kier alpha value is -1.61. The highest BCUT2D eigenvalue weighted by atomic mass is 35.5. The number of ether oxygens (including phenoxy) is 2. The predicted molar refractivity (Wildman–Crippen MR) is 88.2 cm³/mol. The maximum absolute atomic E-state index is 12.6. The number of hydrogen-bond acceptors (Lipinski definition) is 5. The van der Waals surface area contributed by atoms with E-state index in [2.05, 4.69) is 11.3 Å². The topological polar surface area (TPSA) is 102 Å². The molecule has 1 aromatic carbocycles. The molecule has 1 heterocycles. The lowest BCUT2D eigenvalue weighted by Gasteiger charge is -2.30. The number of carboxylic acid groups (broad SMARTS) is 1. The Kier molecular flexibility index (Phi) is 5.87. The summed E-state index contributed by atoms with van der Waals surface area (Å²) in [6, 6.07) is 1.68. The van der Waals surface area contributed by atoms with Gasteiger partial charge in [-0.15, -0.1) is 6.58 Å². The summed E-state index contributed by atoms with van der Waals surface area (Å²) in [7, 11) is -2.74. The molecule has 0 amide bonds. The molecule has 0 unspecified atom stereocenters. The van der Waals surface area contributed by atoms with E-state index in [4.69, 9.17) is 26.2 Å². The predicted octanol–water partition coefficient (Wildman–Crippen LogP) is 2.06. The number of benzene rings is 1. The summed E-state index contributed by atoms with van der Waals surface area (Å²) >= 11 is 5.99. The van der Waals surface area contributed by atoms with Crippen LogP contribution in [0.3, 0.4) is 0 Å². The van der Waals surface area contributed by atoms with Gasteiger partial charge in [-0.05, 0) is 18.9 Å². The molecule has 2 N–H and O–H groups in total. The number of carboxylic acids is 1. The third-order valence-electron chi connectivity index (χ3n) is 3.68. The van der Waals surface area contributed by atoms with Crippen molar-refractivity contribution >= 4 is 27.6 Å². The molecule has 1 aliphatic heterocycles. The van der Waals surface area contributed by atoms with Gasteiger partial charge < -0.3 is 14.6 Å². The molecule has 24 heavy (non-hydrogen) atoms. The minimum Gasteiger partial charge on any atom is -0.496 e. The summed E-state index contributed by atoms with van der Waals surface area (Å²) in [5.74, 6) is -1.36. The van der Waals surface area contributed by atoms with Crippen LogP contribution in [-0.4, -0.2) is 45.4 Å². The fourth-order valence-electron chi connectivity index (χ4n) is 2.50. The van der Waals surface area contributed by atoms with Crippen LogP contribution < -0.4 is 9.46 Å². The van der Waals surface area contributed by atoms with E-state index in [-0.39, 0.29) is 21.2 Å².